The van der Waals surface area contributed by atoms with E-state index >= 15 is 0 Å². The second-order valence-electron chi connectivity index (χ2n) is 27.9. The summed E-state index contributed by atoms with van der Waals surface area (Å²) in [5.74, 6) is -1.42. The quantitative estimate of drug-likeness (QED) is 0.0222. The lowest BCUT2D eigenvalue weighted by Gasteiger charge is -2.21. The molecule has 0 aromatic heterocycles. The van der Waals surface area contributed by atoms with E-state index in [4.69, 9.17) is 37.0 Å². The Bertz CT molecular complexity index is 1820. The van der Waals surface area contributed by atoms with Crippen molar-refractivity contribution in [1.82, 2.24) is 0 Å². The molecule has 5 atom stereocenters. The summed E-state index contributed by atoms with van der Waals surface area (Å²) in [6.07, 6.45) is 58.6. The number of phosphoric acid groups is 2. The van der Waals surface area contributed by atoms with Crippen LogP contribution < -0.4 is 0 Å². The molecule has 3 N–H and O–H groups in total. The highest BCUT2D eigenvalue weighted by Crippen LogP contribution is 2.45. The smallest absolute Gasteiger partial charge is 0.462 e. The number of aliphatic hydroxyl groups is 1. The van der Waals surface area contributed by atoms with Crippen LogP contribution in [0.3, 0.4) is 0 Å². The summed E-state index contributed by atoms with van der Waals surface area (Å²) in [6.45, 7) is 7.20. The summed E-state index contributed by atoms with van der Waals surface area (Å²) >= 11 is 0. The number of carbonyl (C=O) groups is 4. The maximum Gasteiger partial charge on any atom is 0.472 e. The molecule has 0 aliphatic rings. The van der Waals surface area contributed by atoms with Gasteiger partial charge in [0.05, 0.1) is 26.4 Å². The number of carbonyl (C=O) groups excluding carboxylic acids is 4. The zero-order valence-electron chi connectivity index (χ0n) is 61.8. The minimum atomic E-state index is -4.96. The first-order chi connectivity index (χ1) is 46.0. The average molecular weight is 1400 g/mol. The summed E-state index contributed by atoms with van der Waals surface area (Å²) in [6, 6.07) is 0. The SMILES string of the molecule is CCCCCCCCCCCCCCCCCCCCCCCC(=O)O[C@H](COC(=O)CCCCCCCCCCCCCCCCCC)COP(=O)(O)OC[C@@H](O)COP(=O)(O)OC[C@@H](COC(=O)CCCCCCCCCC)OC(=O)CCCCCCCCCC(C)C. The Morgan fingerprint density at radius 3 is 0.716 bits per heavy atom. The number of phosphoric ester groups is 2. The van der Waals surface area contributed by atoms with Gasteiger partial charge >= 0.3 is 39.5 Å². The molecule has 564 valence electrons. The van der Waals surface area contributed by atoms with Crippen molar-refractivity contribution in [2.75, 3.05) is 39.6 Å². The molecule has 95 heavy (non-hydrogen) atoms. The number of ether oxygens (including phenoxy) is 4. The van der Waals surface area contributed by atoms with E-state index in [1.54, 1.807) is 0 Å². The van der Waals surface area contributed by atoms with Gasteiger partial charge in [-0.1, -0.05) is 349 Å². The molecule has 0 aliphatic carbocycles. The Morgan fingerprint density at radius 1 is 0.284 bits per heavy atom. The highest BCUT2D eigenvalue weighted by Gasteiger charge is 2.30. The minimum Gasteiger partial charge on any atom is -0.462 e. The molecular formula is C76H148O17P2. The van der Waals surface area contributed by atoms with E-state index in [-0.39, 0.29) is 25.7 Å². The molecule has 2 unspecified atom stereocenters. The van der Waals surface area contributed by atoms with Crippen molar-refractivity contribution >= 4 is 39.5 Å². The number of esters is 4. The third-order valence-corrected chi connectivity index (χ3v) is 19.7. The summed E-state index contributed by atoms with van der Waals surface area (Å²) < 4.78 is 68.4. The molecule has 17 nitrogen and oxygen atoms in total. The average Bonchev–Trinajstić information content (AvgIpc) is 1.90. The number of hydrogen-bond acceptors (Lipinski definition) is 15. The maximum atomic E-state index is 13.1. The molecular weight excluding hydrogens is 1250 g/mol. The van der Waals surface area contributed by atoms with E-state index in [2.05, 4.69) is 34.6 Å². The third-order valence-electron chi connectivity index (χ3n) is 17.8. The second-order valence-corrected chi connectivity index (χ2v) is 30.8. The van der Waals surface area contributed by atoms with Gasteiger partial charge in [0.2, 0.25) is 0 Å². The number of unbranched alkanes of at least 4 members (excludes halogenated alkanes) is 48. The highest BCUT2D eigenvalue weighted by molar-refractivity contribution is 7.47. The van der Waals surface area contributed by atoms with Crippen molar-refractivity contribution in [3.8, 4) is 0 Å². The van der Waals surface area contributed by atoms with Gasteiger partial charge in [0, 0.05) is 25.7 Å². The van der Waals surface area contributed by atoms with Gasteiger partial charge in [-0.2, -0.15) is 0 Å². The summed E-state index contributed by atoms with van der Waals surface area (Å²) in [4.78, 5) is 72.6. The highest BCUT2D eigenvalue weighted by atomic mass is 31.2. The van der Waals surface area contributed by atoms with E-state index in [1.807, 2.05) is 0 Å². The molecule has 0 amide bonds. The van der Waals surface area contributed by atoms with Crippen LogP contribution >= 0.6 is 15.6 Å². The molecule has 0 heterocycles. The second kappa shape index (κ2) is 69.2. The predicted molar refractivity (Wildman–Crippen MR) is 386 cm³/mol. The van der Waals surface area contributed by atoms with Crippen LogP contribution in [0.25, 0.3) is 0 Å². The Hall–Kier alpha value is -1.94. The van der Waals surface area contributed by atoms with Crippen molar-refractivity contribution in [1.29, 1.82) is 0 Å². The topological polar surface area (TPSA) is 237 Å². The van der Waals surface area contributed by atoms with Gasteiger partial charge in [-0.25, -0.2) is 9.13 Å². The first-order valence-corrected chi connectivity index (χ1v) is 42.6. The van der Waals surface area contributed by atoms with E-state index in [1.165, 1.54) is 218 Å². The lowest BCUT2D eigenvalue weighted by molar-refractivity contribution is -0.161. The Morgan fingerprint density at radius 2 is 0.484 bits per heavy atom. The molecule has 19 heteroatoms. The predicted octanol–water partition coefficient (Wildman–Crippen LogP) is 22.5. The molecule has 0 rings (SSSR count). The van der Waals surface area contributed by atoms with Gasteiger partial charge in [0.15, 0.2) is 12.2 Å². The van der Waals surface area contributed by atoms with Crippen LogP contribution in [0.15, 0.2) is 0 Å². The van der Waals surface area contributed by atoms with Gasteiger partial charge in [-0.3, -0.25) is 37.3 Å². The number of rotatable bonds is 76. The first kappa shape index (κ1) is 93.1. The van der Waals surface area contributed by atoms with Crippen molar-refractivity contribution in [3.05, 3.63) is 0 Å². The molecule has 0 aromatic rings. The normalized spacial score (nSPS) is 13.9. The van der Waals surface area contributed by atoms with Crippen molar-refractivity contribution < 1.29 is 80.2 Å². The van der Waals surface area contributed by atoms with Gasteiger partial charge in [-0.15, -0.1) is 0 Å². The van der Waals surface area contributed by atoms with Gasteiger partial charge in [0.1, 0.15) is 19.3 Å². The lowest BCUT2D eigenvalue weighted by atomic mass is 10.0. The van der Waals surface area contributed by atoms with Crippen LogP contribution in [-0.2, 0) is 65.4 Å². The van der Waals surface area contributed by atoms with Crippen LogP contribution in [0, 0.1) is 5.92 Å². The summed E-state index contributed by atoms with van der Waals surface area (Å²) in [7, 11) is -9.90. The summed E-state index contributed by atoms with van der Waals surface area (Å²) in [5.41, 5.74) is 0. The Kier molecular flexibility index (Phi) is 67.7. The molecule has 0 spiro atoms. The van der Waals surface area contributed by atoms with E-state index < -0.39 is 97.5 Å². The van der Waals surface area contributed by atoms with Crippen molar-refractivity contribution in [2.45, 2.75) is 419 Å². The van der Waals surface area contributed by atoms with Crippen LogP contribution in [0.4, 0.5) is 0 Å². The zero-order chi connectivity index (χ0) is 69.8. The Labute approximate surface area is 581 Å². The first-order valence-electron chi connectivity index (χ1n) is 39.6. The molecule has 0 aromatic carbocycles. The zero-order valence-corrected chi connectivity index (χ0v) is 63.6. The fourth-order valence-corrected chi connectivity index (χ4v) is 13.3. The van der Waals surface area contributed by atoms with E-state index in [9.17, 15) is 43.2 Å². The minimum absolute atomic E-state index is 0.104. The van der Waals surface area contributed by atoms with Gasteiger partial charge in [0.25, 0.3) is 0 Å². The van der Waals surface area contributed by atoms with Crippen LogP contribution in [0.1, 0.15) is 401 Å². The molecule has 0 bridgehead atoms. The molecule has 0 saturated carbocycles. The fraction of sp³-hybridized carbons (Fsp3) is 0.947. The van der Waals surface area contributed by atoms with Gasteiger partial charge in [-0.05, 0) is 31.6 Å². The standard InChI is InChI=1S/C76H148O17P2/c1-6-9-12-15-18-21-23-25-27-29-30-31-32-33-35-37-39-41-46-51-56-61-75(80)92-71(66-87-74(79)60-55-50-45-40-38-36-34-28-26-24-22-19-16-13-10-7-2)67-90-94(82,83)88-63-70(77)64-89-95(84,85)91-68-72(65-86-73(78)59-54-49-44-20-17-14-11-8-3)93-76(81)62-57-52-47-42-43-48-53-58-69(4)5/h69-72,77H,6-68H2,1-5H3,(H,82,83)(H,84,85)/t70-,71-,72-/m1/s1. The molecule has 0 radical (unpaired) electrons. The number of hydrogen-bond donors (Lipinski definition) is 3. The fourth-order valence-electron chi connectivity index (χ4n) is 11.7. The largest absolute Gasteiger partial charge is 0.472 e. The molecule has 0 aliphatic heterocycles. The van der Waals surface area contributed by atoms with E-state index in [0.29, 0.717) is 31.6 Å². The number of aliphatic hydroxyl groups excluding tert-OH is 1. The van der Waals surface area contributed by atoms with Crippen molar-refractivity contribution in [3.63, 3.8) is 0 Å². The monoisotopic (exact) mass is 1400 g/mol. The van der Waals surface area contributed by atoms with Crippen molar-refractivity contribution in [2.24, 2.45) is 5.92 Å². The summed E-state index contributed by atoms with van der Waals surface area (Å²) in [5, 5.41) is 10.6. The Balaban J connectivity index is 5.17. The van der Waals surface area contributed by atoms with E-state index in [0.717, 1.165) is 96.3 Å². The lowest BCUT2D eigenvalue weighted by Crippen LogP contribution is -2.30. The van der Waals surface area contributed by atoms with Crippen LogP contribution in [-0.4, -0.2) is 96.7 Å². The third kappa shape index (κ3) is 70.3. The van der Waals surface area contributed by atoms with Crippen LogP contribution in [0.2, 0.25) is 0 Å². The maximum absolute atomic E-state index is 13.1. The molecule has 0 fully saturated rings. The van der Waals surface area contributed by atoms with Crippen LogP contribution in [0.5, 0.6) is 0 Å². The molecule has 0 saturated heterocycles. The van der Waals surface area contributed by atoms with Gasteiger partial charge < -0.3 is 33.8 Å².